The summed E-state index contributed by atoms with van der Waals surface area (Å²) in [6.07, 6.45) is 5.61. The first kappa shape index (κ1) is 20.0. The molecule has 5 N–H and O–H groups in total. The molecule has 2 heterocycles. The second-order valence-corrected chi connectivity index (χ2v) is 6.58. The molecule has 0 atom stereocenters. The number of carboxylic acids is 1. The Balaban J connectivity index is 0.000000244. The highest BCUT2D eigenvalue weighted by Crippen LogP contribution is 2.35. The summed E-state index contributed by atoms with van der Waals surface area (Å²) in [5.74, 6) is -2.51. The van der Waals surface area contributed by atoms with Gasteiger partial charge in [-0.1, -0.05) is 31.2 Å². The third kappa shape index (κ3) is 5.34. The molecule has 0 fully saturated rings. The summed E-state index contributed by atoms with van der Waals surface area (Å²) in [6, 6.07) is 12.0. The first-order valence-electron chi connectivity index (χ1n) is 7.98. The molecule has 27 heavy (non-hydrogen) atoms. The molecule has 3 rings (SSSR count). The smallest absolute Gasteiger partial charge is 0.339 e. The van der Waals surface area contributed by atoms with Crippen LogP contribution in [-0.4, -0.2) is 28.6 Å². The van der Waals surface area contributed by atoms with Crippen LogP contribution < -0.4 is 16.0 Å². The molecular weight excluding hydrogens is 366 g/mol. The highest BCUT2D eigenvalue weighted by molar-refractivity contribution is 7.17. The second kappa shape index (κ2) is 9.43. The third-order valence-corrected chi connectivity index (χ3v) is 4.77. The summed E-state index contributed by atoms with van der Waals surface area (Å²) in [5.41, 5.74) is 1.83. The Kier molecular flexibility index (Phi) is 7.00. The van der Waals surface area contributed by atoms with E-state index in [9.17, 15) is 14.7 Å². The van der Waals surface area contributed by atoms with E-state index in [-0.39, 0.29) is 10.6 Å². The number of aromatic carboxylic acids is 1. The van der Waals surface area contributed by atoms with E-state index in [0.717, 1.165) is 16.1 Å². The van der Waals surface area contributed by atoms with Gasteiger partial charge in [0.1, 0.15) is 5.00 Å². The minimum atomic E-state index is -1.08. The molecule has 8 heteroatoms. The second-order valence-electron chi connectivity index (χ2n) is 5.48. The van der Waals surface area contributed by atoms with Crippen molar-refractivity contribution in [3.8, 4) is 12.5 Å². The summed E-state index contributed by atoms with van der Waals surface area (Å²) in [4.78, 5) is 23.5. The molecule has 0 saturated carbocycles. The number of anilines is 2. The molecule has 0 spiro atoms. The SMILES string of the molecule is C#CNc1ccccc1.C=C(O)C(=O)Nc1sc2c(c1C(=O)O)CCNC2. The predicted octanol–water partition coefficient (Wildman–Crippen LogP) is 2.79. The van der Waals surface area contributed by atoms with Gasteiger partial charge in [-0.2, -0.15) is 0 Å². The van der Waals surface area contributed by atoms with Gasteiger partial charge in [0.2, 0.25) is 0 Å². The first-order chi connectivity index (χ1) is 12.9. The Morgan fingerprint density at radius 3 is 2.56 bits per heavy atom. The minimum absolute atomic E-state index is 0.117. The van der Waals surface area contributed by atoms with Crippen molar-refractivity contribution >= 4 is 33.9 Å². The average molecular weight is 385 g/mol. The van der Waals surface area contributed by atoms with Gasteiger partial charge < -0.3 is 26.2 Å². The number of nitrogens with one attached hydrogen (secondary N) is 3. The monoisotopic (exact) mass is 385 g/mol. The van der Waals surface area contributed by atoms with Gasteiger partial charge in [-0.3, -0.25) is 4.79 Å². The van der Waals surface area contributed by atoms with E-state index in [0.29, 0.717) is 19.5 Å². The fraction of sp³-hybridized carbons (Fsp3) is 0.158. The van der Waals surface area contributed by atoms with Crippen molar-refractivity contribution in [2.45, 2.75) is 13.0 Å². The number of hydrogen-bond acceptors (Lipinski definition) is 6. The lowest BCUT2D eigenvalue weighted by atomic mass is 10.0. The van der Waals surface area contributed by atoms with E-state index in [1.54, 1.807) is 0 Å². The van der Waals surface area contributed by atoms with Crippen molar-refractivity contribution in [3.63, 3.8) is 0 Å². The average Bonchev–Trinajstić information content (AvgIpc) is 3.01. The number of para-hydroxylation sites is 1. The van der Waals surface area contributed by atoms with Crippen molar-refractivity contribution in [2.24, 2.45) is 0 Å². The largest absolute Gasteiger partial charge is 0.503 e. The molecule has 0 radical (unpaired) electrons. The molecule has 7 nitrogen and oxygen atoms in total. The lowest BCUT2D eigenvalue weighted by Crippen LogP contribution is -2.23. The molecule has 2 aromatic rings. The number of carbonyl (C=O) groups excluding carboxylic acids is 1. The van der Waals surface area contributed by atoms with Crippen LogP contribution in [0.15, 0.2) is 42.7 Å². The van der Waals surface area contributed by atoms with Crippen LogP contribution in [0.25, 0.3) is 0 Å². The molecule has 1 aromatic carbocycles. The first-order valence-corrected chi connectivity index (χ1v) is 8.80. The van der Waals surface area contributed by atoms with Gasteiger partial charge in [0, 0.05) is 23.2 Å². The fourth-order valence-electron chi connectivity index (χ4n) is 2.43. The molecule has 1 aromatic heterocycles. The Labute approximate surface area is 160 Å². The number of rotatable bonds is 4. The number of carboxylic acid groups (broad SMARTS) is 1. The molecule has 0 saturated heterocycles. The number of fused-ring (bicyclic) bond motifs is 1. The number of thiophene rings is 1. The van der Waals surface area contributed by atoms with Gasteiger partial charge in [-0.05, 0) is 30.7 Å². The number of aliphatic hydroxyl groups is 1. The molecule has 1 aliphatic heterocycles. The van der Waals surface area contributed by atoms with Crippen LogP contribution >= 0.6 is 11.3 Å². The molecule has 0 unspecified atom stereocenters. The Morgan fingerprint density at radius 2 is 1.96 bits per heavy atom. The Bertz CT molecular complexity index is 884. The van der Waals surface area contributed by atoms with Crippen molar-refractivity contribution in [1.29, 1.82) is 0 Å². The van der Waals surface area contributed by atoms with E-state index in [2.05, 4.69) is 28.6 Å². The standard InChI is InChI=1S/C11H12N2O4S.C8H7N/c1-5(14)9(15)13-10-8(11(16)17)6-2-3-12-4-7(6)18-10;1-2-9-8-6-4-3-5-7-8/h12,14H,1-4H2,(H,13,15)(H,16,17);1,3-7,9H. The fourth-order valence-corrected chi connectivity index (χ4v) is 3.63. The Hall–Kier alpha value is -3.28. The number of benzene rings is 1. The quantitative estimate of drug-likeness (QED) is 0.240. The van der Waals surface area contributed by atoms with Gasteiger partial charge >= 0.3 is 5.97 Å². The van der Waals surface area contributed by atoms with Crippen molar-refractivity contribution < 1.29 is 19.8 Å². The minimum Gasteiger partial charge on any atom is -0.503 e. The summed E-state index contributed by atoms with van der Waals surface area (Å²) in [6.45, 7) is 4.40. The number of amides is 1. The number of aliphatic hydroxyl groups excluding tert-OH is 1. The van der Waals surface area contributed by atoms with Crippen molar-refractivity contribution in [1.82, 2.24) is 5.32 Å². The van der Waals surface area contributed by atoms with E-state index < -0.39 is 17.6 Å². The van der Waals surface area contributed by atoms with E-state index in [1.165, 1.54) is 11.3 Å². The van der Waals surface area contributed by atoms with Crippen LogP contribution in [0.1, 0.15) is 20.8 Å². The maximum Gasteiger partial charge on any atom is 0.339 e. The van der Waals surface area contributed by atoms with E-state index in [4.69, 9.17) is 11.5 Å². The summed E-state index contributed by atoms with van der Waals surface area (Å²) >= 11 is 1.21. The normalized spacial score (nSPS) is 11.8. The highest BCUT2D eigenvalue weighted by atomic mass is 32.1. The molecule has 0 aliphatic carbocycles. The third-order valence-electron chi connectivity index (χ3n) is 3.62. The molecular formula is C19H19N3O4S. The molecule has 1 aliphatic rings. The lowest BCUT2D eigenvalue weighted by molar-refractivity contribution is -0.115. The summed E-state index contributed by atoms with van der Waals surface area (Å²) in [5, 5.41) is 26.7. The van der Waals surface area contributed by atoms with Gasteiger partial charge in [-0.25, -0.2) is 4.79 Å². The Morgan fingerprint density at radius 1 is 1.26 bits per heavy atom. The molecule has 140 valence electrons. The van der Waals surface area contributed by atoms with Gasteiger partial charge in [0.15, 0.2) is 5.76 Å². The van der Waals surface area contributed by atoms with Crippen LogP contribution in [0.2, 0.25) is 0 Å². The number of carbonyl (C=O) groups is 2. The zero-order chi connectivity index (χ0) is 19.8. The number of terminal acetylenes is 1. The predicted molar refractivity (Wildman–Crippen MR) is 106 cm³/mol. The van der Waals surface area contributed by atoms with Crippen LogP contribution in [0, 0.1) is 12.5 Å². The lowest BCUT2D eigenvalue weighted by Gasteiger charge is -2.12. The summed E-state index contributed by atoms with van der Waals surface area (Å²) in [7, 11) is 0. The van der Waals surface area contributed by atoms with Crippen molar-refractivity contribution in [3.05, 3.63) is 58.7 Å². The van der Waals surface area contributed by atoms with Crippen LogP contribution in [0.5, 0.6) is 0 Å². The van der Waals surface area contributed by atoms with Crippen LogP contribution in [0.4, 0.5) is 10.7 Å². The van der Waals surface area contributed by atoms with Crippen molar-refractivity contribution in [2.75, 3.05) is 17.2 Å². The topological polar surface area (TPSA) is 111 Å². The van der Waals surface area contributed by atoms with Crippen LogP contribution in [-0.2, 0) is 17.8 Å². The van der Waals surface area contributed by atoms with Gasteiger partial charge in [0.25, 0.3) is 5.91 Å². The highest BCUT2D eigenvalue weighted by Gasteiger charge is 2.26. The van der Waals surface area contributed by atoms with E-state index in [1.807, 2.05) is 30.3 Å². The summed E-state index contributed by atoms with van der Waals surface area (Å²) < 4.78 is 0. The van der Waals surface area contributed by atoms with E-state index >= 15 is 0 Å². The maximum absolute atomic E-state index is 11.3. The van der Waals surface area contributed by atoms with Gasteiger partial charge in [-0.15, -0.1) is 11.3 Å². The van der Waals surface area contributed by atoms with Gasteiger partial charge in [0.05, 0.1) is 5.56 Å². The van der Waals surface area contributed by atoms with Crippen LogP contribution in [0.3, 0.4) is 0 Å². The molecule has 1 amide bonds. The maximum atomic E-state index is 11.3. The molecule has 0 bridgehead atoms. The zero-order valence-electron chi connectivity index (χ0n) is 14.4. The number of hydrogen-bond donors (Lipinski definition) is 5. The zero-order valence-corrected chi connectivity index (χ0v) is 15.2.